The van der Waals surface area contributed by atoms with Crippen molar-refractivity contribution in [1.29, 1.82) is 0 Å². The van der Waals surface area contributed by atoms with Crippen molar-refractivity contribution in [2.75, 3.05) is 0 Å². The van der Waals surface area contributed by atoms with Gasteiger partial charge in [-0.25, -0.2) is 0 Å². The van der Waals surface area contributed by atoms with Gasteiger partial charge in [-0.2, -0.15) is 0 Å². The minimum atomic E-state index is 1.08. The smallest absolute Gasteiger partial charge is 0.00991 e. The average molecular weight is 206 g/mol. The second-order valence-electron chi connectivity index (χ2n) is 4.12. The van der Waals surface area contributed by atoms with Crippen molar-refractivity contribution in [1.82, 2.24) is 0 Å². The summed E-state index contributed by atoms with van der Waals surface area (Å²) in [4.78, 5) is 0. The maximum atomic E-state index is 2.32. The van der Waals surface area contributed by atoms with Crippen molar-refractivity contribution < 1.29 is 0 Å². The van der Waals surface area contributed by atoms with Gasteiger partial charge in [0.25, 0.3) is 0 Å². The van der Waals surface area contributed by atoms with Gasteiger partial charge in [-0.1, -0.05) is 61.5 Å². The van der Waals surface area contributed by atoms with Crippen LogP contribution in [0.3, 0.4) is 0 Å². The molecule has 0 unspecified atom stereocenters. The van der Waals surface area contributed by atoms with E-state index in [0.717, 1.165) is 6.42 Å². The minimum Gasteiger partial charge on any atom is -0.0763 e. The molecule has 0 saturated carbocycles. The highest BCUT2D eigenvalue weighted by atomic mass is 14.2. The molecule has 0 N–H and O–H groups in total. The molecule has 1 aliphatic rings. The molecular weight excluding hydrogens is 192 g/mol. The fourth-order valence-electron chi connectivity index (χ4n) is 2.47. The molecule has 0 spiro atoms. The summed E-state index contributed by atoms with van der Waals surface area (Å²) in [6.07, 6.45) is 3.41. The average Bonchev–Trinajstić information content (AvgIpc) is 2.66. The molecular formula is C16H14. The molecule has 0 fully saturated rings. The van der Waals surface area contributed by atoms with Crippen molar-refractivity contribution >= 4 is 5.57 Å². The first-order chi connectivity index (χ1) is 7.92. The third kappa shape index (κ3) is 1.23. The van der Waals surface area contributed by atoms with Crippen LogP contribution in [0.15, 0.2) is 54.6 Å². The molecule has 0 aromatic heterocycles. The minimum absolute atomic E-state index is 1.08. The second kappa shape index (κ2) is 3.64. The van der Waals surface area contributed by atoms with Crippen molar-refractivity contribution in [3.63, 3.8) is 0 Å². The van der Waals surface area contributed by atoms with Gasteiger partial charge in [0.1, 0.15) is 0 Å². The van der Waals surface area contributed by atoms with Gasteiger partial charge in [-0.3, -0.25) is 0 Å². The van der Waals surface area contributed by atoms with Crippen molar-refractivity contribution in [2.24, 2.45) is 0 Å². The molecule has 0 saturated heterocycles. The van der Waals surface area contributed by atoms with E-state index in [9.17, 15) is 0 Å². The number of fused-ring (bicyclic) bond motifs is 3. The topological polar surface area (TPSA) is 0 Å². The van der Waals surface area contributed by atoms with Gasteiger partial charge < -0.3 is 0 Å². The maximum absolute atomic E-state index is 2.32. The Hall–Kier alpha value is -1.82. The molecule has 16 heavy (non-hydrogen) atoms. The maximum Gasteiger partial charge on any atom is -0.00991 e. The summed E-state index contributed by atoms with van der Waals surface area (Å²) >= 11 is 0. The summed E-state index contributed by atoms with van der Waals surface area (Å²) < 4.78 is 0. The third-order valence-electron chi connectivity index (χ3n) is 3.13. The Kier molecular flexibility index (Phi) is 2.14. The molecule has 3 rings (SSSR count). The first-order valence-electron chi connectivity index (χ1n) is 5.81. The summed E-state index contributed by atoms with van der Waals surface area (Å²) in [6.45, 7) is 2.19. The molecule has 1 aliphatic carbocycles. The van der Waals surface area contributed by atoms with E-state index in [2.05, 4.69) is 61.5 Å². The van der Waals surface area contributed by atoms with Crippen LogP contribution in [0.4, 0.5) is 0 Å². The summed E-state index contributed by atoms with van der Waals surface area (Å²) in [5, 5.41) is 0. The van der Waals surface area contributed by atoms with Crippen LogP contribution in [0.25, 0.3) is 16.7 Å². The van der Waals surface area contributed by atoms with Crippen LogP contribution >= 0.6 is 0 Å². The lowest BCUT2D eigenvalue weighted by molar-refractivity contribution is 1.23. The molecule has 0 heterocycles. The lowest BCUT2D eigenvalue weighted by Gasteiger charge is -2.00. The van der Waals surface area contributed by atoms with Crippen LogP contribution in [0.2, 0.25) is 0 Å². The van der Waals surface area contributed by atoms with Crippen molar-refractivity contribution in [2.45, 2.75) is 13.3 Å². The zero-order valence-electron chi connectivity index (χ0n) is 9.40. The normalized spacial score (nSPS) is 12.2. The SMILES string of the molecule is CCC=C1c2ccccc2-c2ccccc21. The molecule has 2 aromatic rings. The quantitative estimate of drug-likeness (QED) is 0.549. The van der Waals surface area contributed by atoms with Crippen LogP contribution in [0.1, 0.15) is 24.5 Å². The van der Waals surface area contributed by atoms with Crippen LogP contribution < -0.4 is 0 Å². The van der Waals surface area contributed by atoms with Crippen molar-refractivity contribution in [3.8, 4) is 11.1 Å². The Morgan fingerprint density at radius 1 is 0.750 bits per heavy atom. The first kappa shape index (κ1) is 9.41. The van der Waals surface area contributed by atoms with E-state index in [1.165, 1.54) is 27.8 Å². The molecule has 2 aromatic carbocycles. The van der Waals surface area contributed by atoms with E-state index in [0.29, 0.717) is 0 Å². The van der Waals surface area contributed by atoms with Gasteiger partial charge in [-0.05, 0) is 34.2 Å². The van der Waals surface area contributed by atoms with Crippen LogP contribution in [-0.4, -0.2) is 0 Å². The largest absolute Gasteiger partial charge is 0.0763 e. The molecule has 0 radical (unpaired) electrons. The number of hydrogen-bond donors (Lipinski definition) is 0. The van der Waals surface area contributed by atoms with E-state index in [-0.39, 0.29) is 0 Å². The van der Waals surface area contributed by atoms with Gasteiger partial charge >= 0.3 is 0 Å². The lowest BCUT2D eigenvalue weighted by atomic mass is 10.0. The Morgan fingerprint density at radius 3 is 1.62 bits per heavy atom. The van der Waals surface area contributed by atoms with Gasteiger partial charge in [0.2, 0.25) is 0 Å². The highest BCUT2D eigenvalue weighted by Gasteiger charge is 2.21. The number of hydrogen-bond acceptors (Lipinski definition) is 0. The standard InChI is InChI=1S/C16H14/c1-2-7-12-13-8-3-5-10-15(13)16-11-6-4-9-14(12)16/h3-11H,2H2,1H3. The highest BCUT2D eigenvalue weighted by molar-refractivity contribution is 6.00. The number of allylic oxidation sites excluding steroid dienone is 1. The van der Waals surface area contributed by atoms with Crippen LogP contribution in [-0.2, 0) is 0 Å². The third-order valence-corrected chi connectivity index (χ3v) is 3.13. The fourth-order valence-corrected chi connectivity index (χ4v) is 2.47. The van der Waals surface area contributed by atoms with Gasteiger partial charge in [0.05, 0.1) is 0 Å². The summed E-state index contributed by atoms with van der Waals surface area (Å²) in [5.41, 5.74) is 6.90. The fraction of sp³-hybridized carbons (Fsp3) is 0.125. The van der Waals surface area contributed by atoms with Gasteiger partial charge in [0.15, 0.2) is 0 Å². The summed E-state index contributed by atoms with van der Waals surface area (Å²) in [6, 6.07) is 17.3. The highest BCUT2D eigenvalue weighted by Crippen LogP contribution is 2.43. The van der Waals surface area contributed by atoms with E-state index >= 15 is 0 Å². The second-order valence-corrected chi connectivity index (χ2v) is 4.12. The zero-order valence-corrected chi connectivity index (χ0v) is 9.40. The molecule has 0 atom stereocenters. The molecule has 0 nitrogen and oxygen atoms in total. The molecule has 0 bridgehead atoms. The first-order valence-corrected chi connectivity index (χ1v) is 5.81. The monoisotopic (exact) mass is 206 g/mol. The van der Waals surface area contributed by atoms with Crippen LogP contribution in [0, 0.1) is 0 Å². The van der Waals surface area contributed by atoms with E-state index in [1.54, 1.807) is 0 Å². The van der Waals surface area contributed by atoms with Gasteiger partial charge in [-0.15, -0.1) is 0 Å². The summed E-state index contributed by atoms with van der Waals surface area (Å²) in [7, 11) is 0. The van der Waals surface area contributed by atoms with E-state index < -0.39 is 0 Å². The summed E-state index contributed by atoms with van der Waals surface area (Å²) in [5.74, 6) is 0. The molecule has 0 heteroatoms. The zero-order chi connectivity index (χ0) is 11.0. The predicted octanol–water partition coefficient (Wildman–Crippen LogP) is 4.51. The number of benzene rings is 2. The van der Waals surface area contributed by atoms with E-state index in [1.807, 2.05) is 0 Å². The Morgan fingerprint density at radius 2 is 1.19 bits per heavy atom. The van der Waals surface area contributed by atoms with E-state index in [4.69, 9.17) is 0 Å². The Labute approximate surface area is 96.3 Å². The molecule has 0 amide bonds. The Balaban J connectivity index is 2.34. The predicted molar refractivity (Wildman–Crippen MR) is 69.2 cm³/mol. The Bertz CT molecular complexity index is 514. The molecule has 0 aliphatic heterocycles. The van der Waals surface area contributed by atoms with Crippen LogP contribution in [0.5, 0.6) is 0 Å². The molecule has 78 valence electrons. The lowest BCUT2D eigenvalue weighted by Crippen LogP contribution is -1.79. The van der Waals surface area contributed by atoms with Gasteiger partial charge in [0, 0.05) is 0 Å². The number of rotatable bonds is 1. The van der Waals surface area contributed by atoms with Crippen molar-refractivity contribution in [3.05, 3.63) is 65.7 Å².